The van der Waals surface area contributed by atoms with Crippen LogP contribution in [0.1, 0.15) is 11.1 Å². The van der Waals surface area contributed by atoms with Crippen molar-refractivity contribution in [3.63, 3.8) is 0 Å². The predicted molar refractivity (Wildman–Crippen MR) is 67.5 cm³/mol. The van der Waals surface area contributed by atoms with Gasteiger partial charge in [0.05, 0.1) is 5.75 Å². The van der Waals surface area contributed by atoms with Crippen molar-refractivity contribution < 1.29 is 8.42 Å². The van der Waals surface area contributed by atoms with Gasteiger partial charge < -0.3 is 5.32 Å². The van der Waals surface area contributed by atoms with E-state index in [1.165, 1.54) is 16.5 Å². The fraction of sp³-hybridized carbons (Fsp3) is 0.385. The van der Waals surface area contributed by atoms with Crippen molar-refractivity contribution in [3.05, 3.63) is 46.9 Å². The second kappa shape index (κ2) is 3.96. The van der Waals surface area contributed by atoms with Crippen LogP contribution < -0.4 is 5.32 Å². The molecule has 1 aromatic rings. The van der Waals surface area contributed by atoms with Gasteiger partial charge in [-0.05, 0) is 24.0 Å². The lowest BCUT2D eigenvalue weighted by atomic mass is 10.1. The van der Waals surface area contributed by atoms with Crippen molar-refractivity contribution in [3.8, 4) is 0 Å². The van der Waals surface area contributed by atoms with Crippen LogP contribution in [0, 0.1) is 0 Å². The first-order valence-corrected chi connectivity index (χ1v) is 7.58. The number of nitrogens with one attached hydrogen (secondary N) is 1. The van der Waals surface area contributed by atoms with Crippen LogP contribution in [-0.2, 0) is 22.7 Å². The molecule has 3 rings (SSSR count). The first kappa shape index (κ1) is 11.0. The highest BCUT2D eigenvalue weighted by molar-refractivity contribution is 7.94. The van der Waals surface area contributed by atoms with E-state index in [2.05, 4.69) is 29.6 Å². The van der Waals surface area contributed by atoms with Gasteiger partial charge in [-0.2, -0.15) is 0 Å². The minimum Gasteiger partial charge on any atom is -0.306 e. The number of benzene rings is 1. The molecule has 3 nitrogen and oxygen atoms in total. The number of rotatable bonds is 2. The molecule has 1 aliphatic carbocycles. The Kier molecular flexibility index (Phi) is 2.56. The molecule has 17 heavy (non-hydrogen) atoms. The molecule has 0 radical (unpaired) electrons. The molecule has 1 atom stereocenters. The Bertz CT molecular complexity index is 538. The van der Waals surface area contributed by atoms with Crippen LogP contribution in [0.3, 0.4) is 0 Å². The van der Waals surface area contributed by atoms with E-state index in [1.807, 2.05) is 0 Å². The van der Waals surface area contributed by atoms with Gasteiger partial charge in [-0.25, -0.2) is 8.42 Å². The van der Waals surface area contributed by atoms with Crippen molar-refractivity contribution in [2.45, 2.75) is 24.9 Å². The summed E-state index contributed by atoms with van der Waals surface area (Å²) in [7, 11) is -2.95. The van der Waals surface area contributed by atoms with Crippen LogP contribution >= 0.6 is 0 Å². The van der Waals surface area contributed by atoms with E-state index in [0.29, 0.717) is 6.04 Å². The maximum atomic E-state index is 11.3. The Labute approximate surface area is 101 Å². The highest BCUT2D eigenvalue weighted by atomic mass is 32.2. The number of hydrogen-bond donors (Lipinski definition) is 1. The van der Waals surface area contributed by atoms with Gasteiger partial charge in [0, 0.05) is 17.5 Å². The standard InChI is InChI=1S/C13H15NO2S/c15-17(16)6-5-12(9-17)14-13-7-10-3-1-2-4-11(10)8-13/h1-6,12-14H,7-9H2. The minimum atomic E-state index is -2.95. The number of sulfone groups is 1. The predicted octanol–water partition coefficient (Wildman–Crippen LogP) is 1.05. The molecule has 90 valence electrons. The Balaban J connectivity index is 1.65. The molecule has 0 spiro atoms. The zero-order valence-corrected chi connectivity index (χ0v) is 10.3. The van der Waals surface area contributed by atoms with E-state index >= 15 is 0 Å². The van der Waals surface area contributed by atoms with Crippen LogP contribution in [-0.4, -0.2) is 26.3 Å². The van der Waals surface area contributed by atoms with Gasteiger partial charge >= 0.3 is 0 Å². The summed E-state index contributed by atoms with van der Waals surface area (Å²) in [5.41, 5.74) is 2.77. The quantitative estimate of drug-likeness (QED) is 0.852. The van der Waals surface area contributed by atoms with Gasteiger partial charge in [-0.1, -0.05) is 30.3 Å². The smallest absolute Gasteiger partial charge is 0.173 e. The number of fused-ring (bicyclic) bond motifs is 1. The van der Waals surface area contributed by atoms with Crippen LogP contribution in [0.2, 0.25) is 0 Å². The van der Waals surface area contributed by atoms with E-state index in [9.17, 15) is 8.42 Å². The second-order valence-electron chi connectivity index (χ2n) is 4.81. The van der Waals surface area contributed by atoms with Gasteiger partial charge in [-0.3, -0.25) is 0 Å². The summed E-state index contributed by atoms with van der Waals surface area (Å²) in [6, 6.07) is 8.77. The lowest BCUT2D eigenvalue weighted by molar-refractivity contribution is 0.503. The van der Waals surface area contributed by atoms with Crippen LogP contribution in [0.5, 0.6) is 0 Å². The maximum Gasteiger partial charge on any atom is 0.173 e. The number of hydrogen-bond acceptors (Lipinski definition) is 3. The monoisotopic (exact) mass is 249 g/mol. The first-order chi connectivity index (χ1) is 8.12. The van der Waals surface area contributed by atoms with E-state index in [-0.39, 0.29) is 11.8 Å². The van der Waals surface area contributed by atoms with Crippen LogP contribution in [0.25, 0.3) is 0 Å². The molecule has 0 saturated carbocycles. The molecule has 1 heterocycles. The molecule has 0 bridgehead atoms. The van der Waals surface area contributed by atoms with Crippen molar-refractivity contribution >= 4 is 9.84 Å². The topological polar surface area (TPSA) is 46.2 Å². The fourth-order valence-corrected chi connectivity index (χ4v) is 3.91. The molecule has 0 saturated heterocycles. The summed E-state index contributed by atoms with van der Waals surface area (Å²) < 4.78 is 22.6. The molecule has 2 aliphatic rings. The Morgan fingerprint density at radius 2 is 1.76 bits per heavy atom. The molecule has 4 heteroatoms. The summed E-state index contributed by atoms with van der Waals surface area (Å²) >= 11 is 0. The van der Waals surface area contributed by atoms with Gasteiger partial charge in [0.2, 0.25) is 0 Å². The van der Waals surface area contributed by atoms with E-state index in [1.54, 1.807) is 6.08 Å². The summed E-state index contributed by atoms with van der Waals surface area (Å²) in [5.74, 6) is 0.208. The molecule has 1 unspecified atom stereocenters. The Morgan fingerprint density at radius 1 is 1.12 bits per heavy atom. The third kappa shape index (κ3) is 2.28. The summed E-state index contributed by atoms with van der Waals surface area (Å²) in [6.07, 6.45) is 3.76. The minimum absolute atomic E-state index is 0.0145. The first-order valence-electron chi connectivity index (χ1n) is 5.86. The summed E-state index contributed by atoms with van der Waals surface area (Å²) in [5, 5.41) is 4.74. The van der Waals surface area contributed by atoms with Crippen molar-refractivity contribution in [1.29, 1.82) is 0 Å². The SMILES string of the molecule is O=S1(=O)C=CC(NC2Cc3ccccc3C2)C1. The average molecular weight is 249 g/mol. The van der Waals surface area contributed by atoms with Crippen LogP contribution in [0.4, 0.5) is 0 Å². The molecule has 0 amide bonds. The third-order valence-corrected chi connectivity index (χ3v) is 4.83. The third-order valence-electron chi connectivity index (χ3n) is 3.43. The summed E-state index contributed by atoms with van der Waals surface area (Å²) in [6.45, 7) is 0. The summed E-state index contributed by atoms with van der Waals surface area (Å²) in [4.78, 5) is 0. The largest absolute Gasteiger partial charge is 0.306 e. The van der Waals surface area contributed by atoms with Gasteiger partial charge in [0.25, 0.3) is 0 Å². The molecule has 0 aromatic heterocycles. The highest BCUT2D eigenvalue weighted by Gasteiger charge is 2.27. The molecule has 1 N–H and O–H groups in total. The second-order valence-corrected chi connectivity index (χ2v) is 6.74. The van der Waals surface area contributed by atoms with E-state index < -0.39 is 9.84 Å². The highest BCUT2D eigenvalue weighted by Crippen LogP contribution is 2.22. The molecule has 1 aromatic carbocycles. The van der Waals surface area contributed by atoms with Crippen molar-refractivity contribution in [1.82, 2.24) is 5.32 Å². The normalized spacial score (nSPS) is 26.2. The van der Waals surface area contributed by atoms with Crippen molar-refractivity contribution in [2.24, 2.45) is 0 Å². The molecule has 0 fully saturated rings. The molecular weight excluding hydrogens is 234 g/mol. The lowest BCUT2D eigenvalue weighted by Crippen LogP contribution is -2.39. The zero-order valence-electron chi connectivity index (χ0n) is 9.46. The van der Waals surface area contributed by atoms with E-state index in [4.69, 9.17) is 0 Å². The van der Waals surface area contributed by atoms with Gasteiger partial charge in [0.1, 0.15) is 0 Å². The average Bonchev–Trinajstić information content (AvgIpc) is 2.81. The van der Waals surface area contributed by atoms with Gasteiger partial charge in [-0.15, -0.1) is 0 Å². The van der Waals surface area contributed by atoms with E-state index in [0.717, 1.165) is 12.8 Å². The zero-order chi connectivity index (χ0) is 11.9. The molecule has 1 aliphatic heterocycles. The van der Waals surface area contributed by atoms with Crippen LogP contribution in [0.15, 0.2) is 35.7 Å². The van der Waals surface area contributed by atoms with Gasteiger partial charge in [0.15, 0.2) is 9.84 Å². The maximum absolute atomic E-state index is 11.3. The molecular formula is C13H15NO2S. The lowest BCUT2D eigenvalue weighted by Gasteiger charge is -2.16. The van der Waals surface area contributed by atoms with Crippen molar-refractivity contribution in [2.75, 3.05) is 5.75 Å². The Hall–Kier alpha value is -1.13. The fourth-order valence-electron chi connectivity index (χ4n) is 2.66. The Morgan fingerprint density at radius 3 is 2.29 bits per heavy atom.